The van der Waals surface area contributed by atoms with Gasteiger partial charge < -0.3 is 14.5 Å². The number of hydrogen-bond acceptors (Lipinski definition) is 7. The van der Waals surface area contributed by atoms with Crippen LogP contribution in [0.15, 0.2) is 38.8 Å². The van der Waals surface area contributed by atoms with Crippen LogP contribution in [0.2, 0.25) is 0 Å². The molecule has 0 saturated carbocycles. The molecule has 1 aliphatic heterocycles. The van der Waals surface area contributed by atoms with Crippen molar-refractivity contribution in [1.29, 1.82) is 0 Å². The molecule has 146 valence electrons. The average Bonchev–Trinajstić information content (AvgIpc) is 2.99. The van der Waals surface area contributed by atoms with Crippen molar-refractivity contribution in [3.05, 3.63) is 35.7 Å². The fourth-order valence-electron chi connectivity index (χ4n) is 2.48. The lowest BCUT2D eigenvalue weighted by atomic mass is 10.3. The van der Waals surface area contributed by atoms with Crippen LogP contribution < -0.4 is 5.32 Å². The Hall–Kier alpha value is -1.88. The standard InChI is InChI=1S/C17H21N3O5S2/c1-12-13(2)25-17(18-12)26-11-16(21)19-14-3-5-15(6-4-14)27(22,23)20-7-9-24-10-8-20/h3-6H,7-11H2,1-2H3,(H,19,21). The highest BCUT2D eigenvalue weighted by Gasteiger charge is 2.26. The number of morpholine rings is 1. The van der Waals surface area contributed by atoms with E-state index >= 15 is 0 Å². The van der Waals surface area contributed by atoms with Crippen LogP contribution in [0.1, 0.15) is 11.5 Å². The van der Waals surface area contributed by atoms with Crippen LogP contribution in [-0.2, 0) is 19.6 Å². The maximum atomic E-state index is 12.6. The lowest BCUT2D eigenvalue weighted by Crippen LogP contribution is -2.40. The van der Waals surface area contributed by atoms with Crippen LogP contribution in [0.25, 0.3) is 0 Å². The van der Waals surface area contributed by atoms with Crippen molar-refractivity contribution in [1.82, 2.24) is 9.29 Å². The molecule has 0 aliphatic carbocycles. The Bertz CT molecular complexity index is 884. The summed E-state index contributed by atoms with van der Waals surface area (Å²) < 4.78 is 37.2. The number of benzene rings is 1. The summed E-state index contributed by atoms with van der Waals surface area (Å²) in [7, 11) is -3.54. The van der Waals surface area contributed by atoms with E-state index in [0.717, 1.165) is 11.5 Å². The first-order chi connectivity index (χ1) is 12.9. The number of hydrogen-bond donors (Lipinski definition) is 1. The smallest absolute Gasteiger partial charge is 0.256 e. The molecule has 1 saturated heterocycles. The molecule has 0 atom stereocenters. The Balaban J connectivity index is 1.57. The number of carbonyl (C=O) groups excluding carboxylic acids is 1. The van der Waals surface area contributed by atoms with Crippen molar-refractivity contribution in [2.45, 2.75) is 24.0 Å². The number of nitrogens with one attached hydrogen (secondary N) is 1. The summed E-state index contributed by atoms with van der Waals surface area (Å²) in [6, 6.07) is 6.15. The number of oxazole rings is 1. The lowest BCUT2D eigenvalue weighted by Gasteiger charge is -2.26. The van der Waals surface area contributed by atoms with E-state index in [-0.39, 0.29) is 16.6 Å². The number of sulfonamides is 1. The molecule has 0 unspecified atom stereocenters. The van der Waals surface area contributed by atoms with E-state index in [0.29, 0.717) is 37.2 Å². The molecule has 2 aromatic rings. The quantitative estimate of drug-likeness (QED) is 0.726. The SMILES string of the molecule is Cc1nc(SCC(=O)Nc2ccc(S(=O)(=O)N3CCOCC3)cc2)oc1C. The first-order valence-electron chi connectivity index (χ1n) is 8.41. The number of ether oxygens (including phenoxy) is 1. The molecular formula is C17H21N3O5S2. The maximum absolute atomic E-state index is 12.6. The molecule has 1 aliphatic rings. The molecule has 8 nitrogen and oxygen atoms in total. The number of nitrogens with zero attached hydrogens (tertiary/aromatic N) is 2. The van der Waals surface area contributed by atoms with Gasteiger partial charge in [0.25, 0.3) is 5.22 Å². The number of carbonyl (C=O) groups is 1. The number of aryl methyl sites for hydroxylation is 2. The van der Waals surface area contributed by atoms with Gasteiger partial charge >= 0.3 is 0 Å². The third-order valence-electron chi connectivity index (χ3n) is 4.08. The summed E-state index contributed by atoms with van der Waals surface area (Å²) in [4.78, 5) is 16.5. The summed E-state index contributed by atoms with van der Waals surface area (Å²) in [5.41, 5.74) is 1.33. The van der Waals surface area contributed by atoms with E-state index in [9.17, 15) is 13.2 Å². The largest absolute Gasteiger partial charge is 0.437 e. The van der Waals surface area contributed by atoms with Gasteiger partial charge in [-0.15, -0.1) is 0 Å². The maximum Gasteiger partial charge on any atom is 0.256 e. The molecule has 1 N–H and O–H groups in total. The fourth-order valence-corrected chi connectivity index (χ4v) is 4.60. The Kier molecular flexibility index (Phi) is 6.20. The Morgan fingerprint density at radius 3 is 2.48 bits per heavy atom. The second-order valence-electron chi connectivity index (χ2n) is 6.00. The van der Waals surface area contributed by atoms with Gasteiger partial charge in [0, 0.05) is 18.8 Å². The minimum atomic E-state index is -3.54. The highest BCUT2D eigenvalue weighted by molar-refractivity contribution is 7.99. The van der Waals surface area contributed by atoms with E-state index in [4.69, 9.17) is 9.15 Å². The average molecular weight is 412 g/mol. The van der Waals surface area contributed by atoms with E-state index < -0.39 is 10.0 Å². The fraction of sp³-hybridized carbons (Fsp3) is 0.412. The van der Waals surface area contributed by atoms with Gasteiger partial charge in [-0.25, -0.2) is 13.4 Å². The molecule has 10 heteroatoms. The minimum Gasteiger partial charge on any atom is -0.437 e. The molecule has 0 spiro atoms. The van der Waals surface area contributed by atoms with Gasteiger partial charge in [0.2, 0.25) is 15.9 Å². The second-order valence-corrected chi connectivity index (χ2v) is 8.86. The van der Waals surface area contributed by atoms with E-state index in [1.807, 2.05) is 13.8 Å². The summed E-state index contributed by atoms with van der Waals surface area (Å²) in [6.07, 6.45) is 0. The number of anilines is 1. The normalized spacial score (nSPS) is 15.6. The van der Waals surface area contributed by atoms with Crippen molar-refractivity contribution in [2.75, 3.05) is 37.4 Å². The van der Waals surface area contributed by atoms with Crippen molar-refractivity contribution in [3.8, 4) is 0 Å². The van der Waals surface area contributed by atoms with Gasteiger partial charge in [0.05, 0.1) is 29.6 Å². The topological polar surface area (TPSA) is 102 Å². The zero-order valence-electron chi connectivity index (χ0n) is 15.1. The van der Waals surface area contributed by atoms with Crippen molar-refractivity contribution < 1.29 is 22.4 Å². The molecule has 0 bridgehead atoms. The monoisotopic (exact) mass is 411 g/mol. The molecule has 2 heterocycles. The van der Waals surface area contributed by atoms with E-state index in [1.165, 1.54) is 28.2 Å². The van der Waals surface area contributed by atoms with Gasteiger partial charge in [-0.3, -0.25) is 4.79 Å². The summed E-state index contributed by atoms with van der Waals surface area (Å²) in [6.45, 7) is 5.15. The van der Waals surface area contributed by atoms with Gasteiger partial charge in [-0.05, 0) is 38.1 Å². The number of aromatic nitrogens is 1. The van der Waals surface area contributed by atoms with Crippen LogP contribution in [0.5, 0.6) is 0 Å². The molecule has 1 fully saturated rings. The first kappa shape index (κ1) is 19.9. The first-order valence-corrected chi connectivity index (χ1v) is 10.8. The molecule has 1 aromatic carbocycles. The minimum absolute atomic E-state index is 0.146. The van der Waals surface area contributed by atoms with Crippen LogP contribution in [0, 0.1) is 13.8 Å². The summed E-state index contributed by atoms with van der Waals surface area (Å²) in [5.74, 6) is 0.653. The number of thioether (sulfide) groups is 1. The molecular weight excluding hydrogens is 390 g/mol. The predicted octanol–water partition coefficient (Wildman–Crippen LogP) is 2.04. The van der Waals surface area contributed by atoms with Crippen LogP contribution >= 0.6 is 11.8 Å². The van der Waals surface area contributed by atoms with Crippen LogP contribution in [0.3, 0.4) is 0 Å². The third-order valence-corrected chi connectivity index (χ3v) is 6.82. The second kappa shape index (κ2) is 8.42. The Morgan fingerprint density at radius 1 is 1.22 bits per heavy atom. The van der Waals surface area contributed by atoms with Gasteiger partial charge in [-0.2, -0.15) is 4.31 Å². The van der Waals surface area contributed by atoms with E-state index in [2.05, 4.69) is 10.3 Å². The van der Waals surface area contributed by atoms with Crippen molar-refractivity contribution in [2.24, 2.45) is 0 Å². The zero-order chi connectivity index (χ0) is 19.4. The zero-order valence-corrected chi connectivity index (χ0v) is 16.7. The van der Waals surface area contributed by atoms with Gasteiger partial charge in [0.15, 0.2) is 0 Å². The molecule has 1 amide bonds. The molecule has 27 heavy (non-hydrogen) atoms. The van der Waals surface area contributed by atoms with Gasteiger partial charge in [0.1, 0.15) is 5.76 Å². The molecule has 1 aromatic heterocycles. The Morgan fingerprint density at radius 2 is 1.89 bits per heavy atom. The highest BCUT2D eigenvalue weighted by atomic mass is 32.2. The number of amides is 1. The van der Waals surface area contributed by atoms with E-state index in [1.54, 1.807) is 12.1 Å². The van der Waals surface area contributed by atoms with Crippen LogP contribution in [-0.4, -0.2) is 55.7 Å². The summed E-state index contributed by atoms with van der Waals surface area (Å²) in [5, 5.41) is 3.19. The molecule has 0 radical (unpaired) electrons. The van der Waals surface area contributed by atoms with Crippen molar-refractivity contribution >= 4 is 33.4 Å². The highest BCUT2D eigenvalue weighted by Crippen LogP contribution is 2.22. The van der Waals surface area contributed by atoms with Gasteiger partial charge in [-0.1, -0.05) is 11.8 Å². The predicted molar refractivity (Wildman–Crippen MR) is 101 cm³/mol. The lowest BCUT2D eigenvalue weighted by molar-refractivity contribution is -0.113. The van der Waals surface area contributed by atoms with Crippen molar-refractivity contribution in [3.63, 3.8) is 0 Å². The third kappa shape index (κ3) is 4.89. The number of rotatable bonds is 6. The van der Waals surface area contributed by atoms with Crippen LogP contribution in [0.4, 0.5) is 5.69 Å². The Labute approximate surface area is 162 Å². The molecule has 3 rings (SSSR count). The summed E-state index contributed by atoms with van der Waals surface area (Å²) >= 11 is 1.20.